The summed E-state index contributed by atoms with van der Waals surface area (Å²) in [6, 6.07) is 6.38. The van der Waals surface area contributed by atoms with Gasteiger partial charge in [0, 0.05) is 0 Å². The minimum atomic E-state index is -3.39. The minimum Gasteiger partial charge on any atom is -0.282 e. The molecule has 0 unspecified atom stereocenters. The number of benzene rings is 1. The van der Waals surface area contributed by atoms with Gasteiger partial charge in [0.2, 0.25) is 10.0 Å². The van der Waals surface area contributed by atoms with Crippen LogP contribution in [0.15, 0.2) is 18.2 Å². The molecule has 1 rings (SSSR count). The van der Waals surface area contributed by atoms with E-state index in [0.717, 1.165) is 0 Å². The second kappa shape index (κ2) is 6.07. The summed E-state index contributed by atoms with van der Waals surface area (Å²) in [5, 5.41) is 8.91. The first-order valence-electron chi connectivity index (χ1n) is 5.54. The number of sulfonamides is 1. The topological polar surface area (TPSA) is 70.0 Å². The normalized spacial score (nSPS) is 11.3. The molecule has 0 aliphatic heterocycles. The summed E-state index contributed by atoms with van der Waals surface area (Å²) < 4.78 is 26.0. The lowest BCUT2D eigenvalue weighted by atomic mass is 10.2. The minimum absolute atomic E-state index is 0.0565. The highest BCUT2D eigenvalue weighted by atomic mass is 35.5. The molecule has 1 aromatic carbocycles. The molecule has 0 fully saturated rings. The molecule has 0 radical (unpaired) electrons. The molecule has 18 heavy (non-hydrogen) atoms. The Bertz CT molecular complexity index is 562. The molecule has 0 aliphatic carbocycles. The molecule has 1 N–H and O–H groups in total. The van der Waals surface area contributed by atoms with Crippen LogP contribution in [0.5, 0.6) is 0 Å². The van der Waals surface area contributed by atoms with Crippen LogP contribution >= 0.6 is 11.6 Å². The van der Waals surface area contributed by atoms with Gasteiger partial charge in [0.15, 0.2) is 0 Å². The van der Waals surface area contributed by atoms with E-state index in [-0.39, 0.29) is 10.8 Å². The first-order valence-corrected chi connectivity index (χ1v) is 7.57. The van der Waals surface area contributed by atoms with Crippen molar-refractivity contribution in [2.45, 2.75) is 20.3 Å². The third-order valence-corrected chi connectivity index (χ3v) is 3.94. The van der Waals surface area contributed by atoms with E-state index in [1.807, 2.05) is 19.9 Å². The number of hydrogen-bond donors (Lipinski definition) is 1. The lowest BCUT2D eigenvalue weighted by Gasteiger charge is -2.10. The van der Waals surface area contributed by atoms with E-state index < -0.39 is 10.0 Å². The van der Waals surface area contributed by atoms with Crippen LogP contribution in [0, 0.1) is 17.2 Å². The van der Waals surface area contributed by atoms with Gasteiger partial charge in [-0.15, -0.1) is 0 Å². The van der Waals surface area contributed by atoms with Crippen molar-refractivity contribution >= 4 is 27.3 Å². The van der Waals surface area contributed by atoms with Crippen molar-refractivity contribution in [3.05, 3.63) is 28.8 Å². The molecule has 0 bridgehead atoms. The maximum atomic E-state index is 11.8. The summed E-state index contributed by atoms with van der Waals surface area (Å²) in [6.07, 6.45) is 0.587. The highest BCUT2D eigenvalue weighted by Crippen LogP contribution is 2.24. The lowest BCUT2D eigenvalue weighted by Crippen LogP contribution is -2.18. The van der Waals surface area contributed by atoms with Crippen LogP contribution in [0.25, 0.3) is 0 Å². The number of nitriles is 1. The Hall–Kier alpha value is -1.25. The molecule has 4 nitrogen and oxygen atoms in total. The van der Waals surface area contributed by atoms with Crippen molar-refractivity contribution in [2.75, 3.05) is 10.5 Å². The van der Waals surface area contributed by atoms with Crippen LogP contribution in [0.4, 0.5) is 5.69 Å². The third kappa shape index (κ3) is 4.55. The number of halogens is 1. The fourth-order valence-electron chi connectivity index (χ4n) is 1.28. The highest BCUT2D eigenvalue weighted by Gasteiger charge is 2.13. The van der Waals surface area contributed by atoms with Crippen molar-refractivity contribution in [1.29, 1.82) is 5.26 Å². The van der Waals surface area contributed by atoms with E-state index in [1.54, 1.807) is 0 Å². The fourth-order valence-corrected chi connectivity index (χ4v) is 2.96. The number of rotatable bonds is 5. The van der Waals surface area contributed by atoms with Gasteiger partial charge in [-0.25, -0.2) is 8.42 Å². The summed E-state index contributed by atoms with van der Waals surface area (Å²) in [5.74, 6) is 0.374. The molecule has 0 aliphatic rings. The summed E-state index contributed by atoms with van der Waals surface area (Å²) in [6.45, 7) is 3.93. The predicted octanol–water partition coefficient (Wildman–Crippen LogP) is 3.00. The van der Waals surface area contributed by atoms with Crippen LogP contribution < -0.4 is 4.72 Å². The molecular weight excluding hydrogens is 272 g/mol. The van der Waals surface area contributed by atoms with Crippen molar-refractivity contribution in [2.24, 2.45) is 5.92 Å². The predicted molar refractivity (Wildman–Crippen MR) is 73.0 cm³/mol. The molecule has 0 heterocycles. The van der Waals surface area contributed by atoms with Gasteiger partial charge in [-0.3, -0.25) is 4.72 Å². The molecular formula is C12H15ClN2O2S. The maximum absolute atomic E-state index is 11.8. The van der Waals surface area contributed by atoms with Gasteiger partial charge in [0.05, 0.1) is 28.1 Å². The highest BCUT2D eigenvalue weighted by molar-refractivity contribution is 7.92. The average molecular weight is 287 g/mol. The molecule has 0 atom stereocenters. The van der Waals surface area contributed by atoms with E-state index in [9.17, 15) is 8.42 Å². The molecule has 0 spiro atoms. The molecule has 1 aromatic rings. The van der Waals surface area contributed by atoms with Crippen LogP contribution in [-0.4, -0.2) is 14.2 Å². The lowest BCUT2D eigenvalue weighted by molar-refractivity contribution is 0.578. The fraction of sp³-hybridized carbons (Fsp3) is 0.417. The van der Waals surface area contributed by atoms with E-state index >= 15 is 0 Å². The Balaban J connectivity index is 2.82. The largest absolute Gasteiger partial charge is 0.282 e. The monoisotopic (exact) mass is 286 g/mol. The number of nitrogens with zero attached hydrogens (tertiary/aromatic N) is 1. The first-order chi connectivity index (χ1) is 8.34. The van der Waals surface area contributed by atoms with Crippen LogP contribution in [0.2, 0.25) is 5.02 Å². The van der Waals surface area contributed by atoms with E-state index in [1.165, 1.54) is 18.2 Å². The van der Waals surface area contributed by atoms with Crippen molar-refractivity contribution in [3.8, 4) is 6.07 Å². The zero-order valence-electron chi connectivity index (χ0n) is 10.3. The Morgan fingerprint density at radius 1 is 1.44 bits per heavy atom. The standard InChI is InChI=1S/C12H15ClN2O2S/c1-9(2)5-6-18(16,17)15-12-4-3-10(8-14)7-11(12)13/h3-4,7,9,15H,5-6H2,1-2H3. The molecule has 0 amide bonds. The maximum Gasteiger partial charge on any atom is 0.232 e. The van der Waals surface area contributed by atoms with Gasteiger partial charge in [0.25, 0.3) is 0 Å². The number of hydrogen-bond acceptors (Lipinski definition) is 3. The number of anilines is 1. The zero-order chi connectivity index (χ0) is 13.8. The van der Waals surface area contributed by atoms with Gasteiger partial charge < -0.3 is 0 Å². The molecule has 0 saturated carbocycles. The van der Waals surface area contributed by atoms with Gasteiger partial charge in [0.1, 0.15) is 0 Å². The summed E-state index contributed by atoms with van der Waals surface area (Å²) in [7, 11) is -3.39. The Morgan fingerprint density at radius 3 is 2.61 bits per heavy atom. The van der Waals surface area contributed by atoms with Crippen molar-refractivity contribution in [1.82, 2.24) is 0 Å². The molecule has 98 valence electrons. The van der Waals surface area contributed by atoms with Crippen molar-refractivity contribution in [3.63, 3.8) is 0 Å². The van der Waals surface area contributed by atoms with Gasteiger partial charge in [-0.05, 0) is 30.5 Å². The zero-order valence-corrected chi connectivity index (χ0v) is 11.8. The Kier molecular flexibility index (Phi) is 5.00. The smallest absolute Gasteiger partial charge is 0.232 e. The second-order valence-electron chi connectivity index (χ2n) is 4.41. The quantitative estimate of drug-likeness (QED) is 0.904. The summed E-state index contributed by atoms with van der Waals surface area (Å²) >= 11 is 5.90. The second-order valence-corrected chi connectivity index (χ2v) is 6.66. The van der Waals surface area contributed by atoms with Gasteiger partial charge in [-0.1, -0.05) is 25.4 Å². The molecule has 0 saturated heterocycles. The molecule has 0 aromatic heterocycles. The van der Waals surface area contributed by atoms with Crippen molar-refractivity contribution < 1.29 is 8.42 Å². The summed E-state index contributed by atoms with van der Waals surface area (Å²) in [4.78, 5) is 0. The summed E-state index contributed by atoms with van der Waals surface area (Å²) in [5.41, 5.74) is 0.699. The van der Waals surface area contributed by atoms with Crippen LogP contribution in [-0.2, 0) is 10.0 Å². The van der Waals surface area contributed by atoms with Crippen LogP contribution in [0.3, 0.4) is 0 Å². The van der Waals surface area contributed by atoms with Gasteiger partial charge in [-0.2, -0.15) is 5.26 Å². The Labute approximate surface area is 113 Å². The van der Waals surface area contributed by atoms with Gasteiger partial charge >= 0.3 is 0 Å². The van der Waals surface area contributed by atoms with E-state index in [2.05, 4.69) is 4.72 Å². The first kappa shape index (κ1) is 14.8. The SMILES string of the molecule is CC(C)CCS(=O)(=O)Nc1ccc(C#N)cc1Cl. The number of nitrogens with one attached hydrogen (secondary N) is 1. The van der Waals surface area contributed by atoms with Crippen LogP contribution in [0.1, 0.15) is 25.8 Å². The van der Waals surface area contributed by atoms with E-state index in [4.69, 9.17) is 16.9 Å². The average Bonchev–Trinajstić information content (AvgIpc) is 2.29. The van der Waals surface area contributed by atoms with E-state index in [0.29, 0.717) is 23.6 Å². The Morgan fingerprint density at radius 2 is 2.11 bits per heavy atom. The molecule has 6 heteroatoms. The third-order valence-electron chi connectivity index (χ3n) is 2.33.